The molecular formula is C29H29F6N3O2. The van der Waals surface area contributed by atoms with Crippen molar-refractivity contribution in [2.75, 3.05) is 13.1 Å². The topological polar surface area (TPSA) is 65.2 Å². The Kier molecular flexibility index (Phi) is 7.22. The van der Waals surface area contributed by atoms with Crippen LogP contribution in [-0.2, 0) is 30.2 Å². The molecule has 1 atom stereocenters. The molecule has 1 amide bonds. The van der Waals surface area contributed by atoms with Gasteiger partial charge in [-0.2, -0.15) is 26.3 Å². The Morgan fingerprint density at radius 2 is 1.57 bits per heavy atom. The highest BCUT2D eigenvalue weighted by atomic mass is 19.4. The second-order valence-corrected chi connectivity index (χ2v) is 11.1. The van der Waals surface area contributed by atoms with Crippen molar-refractivity contribution in [2.45, 2.75) is 58.0 Å². The van der Waals surface area contributed by atoms with E-state index in [2.05, 4.69) is 10.3 Å². The number of nitrogens with one attached hydrogen (secondary N) is 2. The molecule has 3 aromatic rings. The van der Waals surface area contributed by atoms with Crippen LogP contribution in [0.15, 0.2) is 47.3 Å². The lowest BCUT2D eigenvalue weighted by molar-refractivity contribution is -0.143. The smallest absolute Gasteiger partial charge is 0.334 e. The molecule has 0 spiro atoms. The molecule has 1 saturated carbocycles. The number of amides is 1. The predicted molar refractivity (Wildman–Crippen MR) is 137 cm³/mol. The molecule has 1 saturated heterocycles. The Morgan fingerprint density at radius 1 is 0.950 bits per heavy atom. The van der Waals surface area contributed by atoms with Crippen LogP contribution in [-0.4, -0.2) is 28.9 Å². The van der Waals surface area contributed by atoms with Crippen LogP contribution in [0.3, 0.4) is 0 Å². The number of pyridine rings is 1. The molecule has 2 aromatic carbocycles. The van der Waals surface area contributed by atoms with E-state index in [1.165, 1.54) is 11.0 Å². The summed E-state index contributed by atoms with van der Waals surface area (Å²) in [6.07, 6.45) is -6.83. The van der Waals surface area contributed by atoms with Gasteiger partial charge >= 0.3 is 12.4 Å². The number of H-pyrrole nitrogens is 1. The zero-order chi connectivity index (χ0) is 28.9. The highest BCUT2D eigenvalue weighted by molar-refractivity contribution is 5.85. The monoisotopic (exact) mass is 565 g/mol. The standard InChI is InChI=1S/C29H29F6N3O2/c1-17-8-19(11-24-23(17)4-5-25(39)37-24)14-38(26(40)27(6-7-36-16-27)13-18-2-3-18)15-20-9-21(28(30,31)32)12-22(10-20)29(33,34)35/h4-5,8-12,18,36H,2-3,6-7,13-16H2,1H3,(H,37,39). The van der Waals surface area contributed by atoms with Crippen LogP contribution in [0.4, 0.5) is 26.3 Å². The van der Waals surface area contributed by atoms with Gasteiger partial charge in [0.25, 0.3) is 0 Å². The number of fused-ring (bicyclic) bond motifs is 1. The number of nitrogens with zero attached hydrogens (tertiary/aromatic N) is 1. The highest BCUT2D eigenvalue weighted by Crippen LogP contribution is 2.45. The number of alkyl halides is 6. The lowest BCUT2D eigenvalue weighted by Gasteiger charge is -2.35. The Hall–Kier alpha value is -3.34. The number of halogens is 6. The van der Waals surface area contributed by atoms with Crippen molar-refractivity contribution in [3.63, 3.8) is 0 Å². The maximum atomic E-state index is 14.2. The van der Waals surface area contributed by atoms with Gasteiger partial charge in [0.2, 0.25) is 11.5 Å². The Balaban J connectivity index is 1.57. The summed E-state index contributed by atoms with van der Waals surface area (Å²) in [7, 11) is 0. The van der Waals surface area contributed by atoms with Crippen molar-refractivity contribution in [1.29, 1.82) is 0 Å². The fourth-order valence-corrected chi connectivity index (χ4v) is 5.77. The number of aryl methyl sites for hydroxylation is 1. The highest BCUT2D eigenvalue weighted by Gasteiger charge is 2.47. The first kappa shape index (κ1) is 28.2. The lowest BCUT2D eigenvalue weighted by atomic mass is 9.80. The van der Waals surface area contributed by atoms with Crippen molar-refractivity contribution in [3.05, 3.63) is 80.6 Å². The van der Waals surface area contributed by atoms with Gasteiger partial charge in [-0.3, -0.25) is 9.59 Å². The number of rotatable bonds is 7. The van der Waals surface area contributed by atoms with Gasteiger partial charge in [-0.25, -0.2) is 0 Å². The van der Waals surface area contributed by atoms with Crippen molar-refractivity contribution < 1.29 is 31.1 Å². The molecule has 1 aromatic heterocycles. The fourth-order valence-electron chi connectivity index (χ4n) is 5.77. The van der Waals surface area contributed by atoms with Gasteiger partial charge in [-0.15, -0.1) is 0 Å². The van der Waals surface area contributed by atoms with E-state index in [0.29, 0.717) is 55.1 Å². The molecule has 2 N–H and O–H groups in total. The minimum absolute atomic E-state index is 0.0451. The second-order valence-electron chi connectivity index (χ2n) is 11.1. The number of benzene rings is 2. The van der Waals surface area contributed by atoms with E-state index in [0.717, 1.165) is 23.8 Å². The van der Waals surface area contributed by atoms with Gasteiger partial charge in [0.15, 0.2) is 0 Å². The first-order valence-corrected chi connectivity index (χ1v) is 13.1. The Labute approximate surface area is 226 Å². The van der Waals surface area contributed by atoms with E-state index < -0.39 is 35.4 Å². The molecule has 0 radical (unpaired) electrons. The van der Waals surface area contributed by atoms with E-state index in [1.54, 1.807) is 12.1 Å². The van der Waals surface area contributed by atoms with Gasteiger partial charge < -0.3 is 15.2 Å². The largest absolute Gasteiger partial charge is 0.416 e. The maximum absolute atomic E-state index is 14.2. The number of hydrogen-bond acceptors (Lipinski definition) is 3. The van der Waals surface area contributed by atoms with Crippen LogP contribution >= 0.6 is 0 Å². The minimum atomic E-state index is -4.99. The summed E-state index contributed by atoms with van der Waals surface area (Å²) in [5.74, 6) is 0.0822. The van der Waals surface area contributed by atoms with Crippen molar-refractivity contribution in [1.82, 2.24) is 15.2 Å². The van der Waals surface area contributed by atoms with Gasteiger partial charge in [-0.1, -0.05) is 18.9 Å². The molecule has 214 valence electrons. The van der Waals surface area contributed by atoms with E-state index in [9.17, 15) is 35.9 Å². The predicted octanol–water partition coefficient (Wildman–Crippen LogP) is 6.18. The molecule has 2 heterocycles. The first-order chi connectivity index (χ1) is 18.7. The zero-order valence-electron chi connectivity index (χ0n) is 21.8. The SMILES string of the molecule is Cc1cc(CN(Cc2cc(C(F)(F)F)cc(C(F)(F)F)c2)C(=O)C2(CC3CC3)CCNC2)cc2[nH]c(=O)ccc12. The maximum Gasteiger partial charge on any atom is 0.416 e. The molecule has 1 unspecified atom stereocenters. The van der Waals surface area contributed by atoms with Gasteiger partial charge in [-0.05, 0) is 79.3 Å². The zero-order valence-corrected chi connectivity index (χ0v) is 21.8. The quantitative estimate of drug-likeness (QED) is 0.336. The van der Waals surface area contributed by atoms with Crippen molar-refractivity contribution in [3.8, 4) is 0 Å². The van der Waals surface area contributed by atoms with Crippen LogP contribution in [0, 0.1) is 18.3 Å². The van der Waals surface area contributed by atoms with E-state index in [4.69, 9.17) is 0 Å². The summed E-state index contributed by atoms with van der Waals surface area (Å²) in [5, 5.41) is 4.01. The second kappa shape index (κ2) is 10.2. The van der Waals surface area contributed by atoms with Crippen LogP contribution in [0.25, 0.3) is 10.9 Å². The summed E-state index contributed by atoms with van der Waals surface area (Å²) in [6.45, 7) is 2.36. The van der Waals surface area contributed by atoms with Crippen LogP contribution in [0.2, 0.25) is 0 Å². The molecule has 0 bridgehead atoms. The molecule has 5 rings (SSSR count). The van der Waals surface area contributed by atoms with E-state index >= 15 is 0 Å². The van der Waals surface area contributed by atoms with Crippen LogP contribution in [0.5, 0.6) is 0 Å². The summed E-state index contributed by atoms with van der Waals surface area (Å²) in [5.41, 5.74) is -2.24. The van der Waals surface area contributed by atoms with Gasteiger partial charge in [0, 0.05) is 36.6 Å². The number of hydrogen-bond donors (Lipinski definition) is 2. The third-order valence-electron chi connectivity index (χ3n) is 7.86. The molecular weight excluding hydrogens is 536 g/mol. The van der Waals surface area contributed by atoms with Crippen molar-refractivity contribution >= 4 is 16.8 Å². The number of aromatic amines is 1. The van der Waals surface area contributed by atoms with Crippen molar-refractivity contribution in [2.24, 2.45) is 11.3 Å². The van der Waals surface area contributed by atoms with Gasteiger partial charge in [0.05, 0.1) is 16.5 Å². The molecule has 2 fully saturated rings. The number of carbonyl (C=O) groups is 1. The minimum Gasteiger partial charge on any atom is -0.334 e. The van der Waals surface area contributed by atoms with E-state index in [-0.39, 0.29) is 29.6 Å². The van der Waals surface area contributed by atoms with Gasteiger partial charge in [0.1, 0.15) is 0 Å². The summed E-state index contributed by atoms with van der Waals surface area (Å²) >= 11 is 0. The average Bonchev–Trinajstić information content (AvgIpc) is 3.54. The molecule has 11 heteroatoms. The summed E-state index contributed by atoms with van der Waals surface area (Å²) in [6, 6.07) is 8.02. The Morgan fingerprint density at radius 3 is 2.12 bits per heavy atom. The third-order valence-corrected chi connectivity index (χ3v) is 7.86. The van der Waals surface area contributed by atoms with Crippen LogP contribution < -0.4 is 10.9 Å². The first-order valence-electron chi connectivity index (χ1n) is 13.1. The average molecular weight is 566 g/mol. The summed E-state index contributed by atoms with van der Waals surface area (Å²) < 4.78 is 81.5. The molecule has 5 nitrogen and oxygen atoms in total. The Bertz CT molecular complexity index is 1450. The molecule has 1 aliphatic carbocycles. The number of carbonyl (C=O) groups excluding carboxylic acids is 1. The fraction of sp³-hybridized carbons (Fsp3) is 0.448. The summed E-state index contributed by atoms with van der Waals surface area (Å²) in [4.78, 5) is 30.2. The lowest BCUT2D eigenvalue weighted by Crippen LogP contribution is -2.45. The number of aromatic nitrogens is 1. The molecule has 1 aliphatic heterocycles. The van der Waals surface area contributed by atoms with E-state index in [1.807, 2.05) is 13.0 Å². The third kappa shape index (κ3) is 6.04. The van der Waals surface area contributed by atoms with Crippen LogP contribution in [0.1, 0.15) is 53.5 Å². The molecule has 40 heavy (non-hydrogen) atoms. The normalized spacial score (nSPS) is 19.8. The molecule has 2 aliphatic rings.